The van der Waals surface area contributed by atoms with Crippen LogP contribution in [0.25, 0.3) is 0 Å². The number of carbonyl (C=O) groups excluding carboxylic acids is 1. The van der Waals surface area contributed by atoms with Crippen molar-refractivity contribution in [1.29, 1.82) is 0 Å². The van der Waals surface area contributed by atoms with Crippen LogP contribution in [0.1, 0.15) is 12.8 Å². The standard InChI is InChI=1S/C10H20N2O2S/c1-15-3-2-9(7-13)12-6-8(5-11)4-10(12)14/h8-9,13H,2-7,11H2,1H3. The van der Waals surface area contributed by atoms with Crippen LogP contribution in [0.5, 0.6) is 0 Å². The van der Waals surface area contributed by atoms with Gasteiger partial charge in [0.25, 0.3) is 0 Å². The summed E-state index contributed by atoms with van der Waals surface area (Å²) in [7, 11) is 0. The summed E-state index contributed by atoms with van der Waals surface area (Å²) < 4.78 is 0. The van der Waals surface area contributed by atoms with Gasteiger partial charge in [-0.3, -0.25) is 4.79 Å². The third kappa shape index (κ3) is 3.36. The lowest BCUT2D eigenvalue weighted by Gasteiger charge is -2.26. The maximum absolute atomic E-state index is 11.7. The van der Waals surface area contributed by atoms with Crippen LogP contribution >= 0.6 is 11.8 Å². The molecule has 1 rings (SSSR count). The SMILES string of the molecule is CSCCC(CO)N1CC(CN)CC1=O. The number of aliphatic hydroxyl groups is 1. The molecule has 1 fully saturated rings. The second-order valence-corrected chi connectivity index (χ2v) is 4.96. The van der Waals surface area contributed by atoms with Gasteiger partial charge in [-0.05, 0) is 30.9 Å². The predicted octanol–water partition coefficient (Wildman–Crippen LogP) is -0.0924. The van der Waals surface area contributed by atoms with E-state index in [9.17, 15) is 9.90 Å². The average Bonchev–Trinajstić information content (AvgIpc) is 2.61. The van der Waals surface area contributed by atoms with Gasteiger partial charge in [-0.2, -0.15) is 11.8 Å². The molecule has 0 radical (unpaired) electrons. The van der Waals surface area contributed by atoms with Gasteiger partial charge in [0, 0.05) is 13.0 Å². The Morgan fingerprint density at radius 3 is 2.93 bits per heavy atom. The number of likely N-dealkylation sites (tertiary alicyclic amines) is 1. The van der Waals surface area contributed by atoms with Gasteiger partial charge in [-0.1, -0.05) is 0 Å². The minimum Gasteiger partial charge on any atom is -0.394 e. The molecule has 1 aliphatic rings. The summed E-state index contributed by atoms with van der Waals surface area (Å²) in [5.41, 5.74) is 5.55. The smallest absolute Gasteiger partial charge is 0.223 e. The van der Waals surface area contributed by atoms with E-state index in [-0.39, 0.29) is 24.5 Å². The molecule has 1 saturated heterocycles. The van der Waals surface area contributed by atoms with E-state index in [2.05, 4.69) is 0 Å². The molecule has 0 saturated carbocycles. The molecule has 0 aromatic heterocycles. The van der Waals surface area contributed by atoms with Crippen molar-refractivity contribution in [2.24, 2.45) is 11.7 Å². The first-order chi connectivity index (χ1) is 7.22. The van der Waals surface area contributed by atoms with Crippen LogP contribution in [-0.4, -0.2) is 53.7 Å². The topological polar surface area (TPSA) is 66.6 Å². The summed E-state index contributed by atoms with van der Waals surface area (Å²) in [5, 5.41) is 9.26. The molecule has 5 heteroatoms. The first-order valence-corrected chi connectivity index (χ1v) is 6.71. The van der Waals surface area contributed by atoms with Gasteiger partial charge in [0.05, 0.1) is 12.6 Å². The van der Waals surface area contributed by atoms with Crippen LogP contribution in [0.4, 0.5) is 0 Å². The molecule has 0 spiro atoms. The van der Waals surface area contributed by atoms with Crippen molar-refractivity contribution in [3.63, 3.8) is 0 Å². The van der Waals surface area contributed by atoms with E-state index < -0.39 is 0 Å². The van der Waals surface area contributed by atoms with Gasteiger partial charge in [-0.25, -0.2) is 0 Å². The van der Waals surface area contributed by atoms with Crippen molar-refractivity contribution >= 4 is 17.7 Å². The van der Waals surface area contributed by atoms with Crippen LogP contribution in [0.3, 0.4) is 0 Å². The van der Waals surface area contributed by atoms with E-state index in [1.807, 2.05) is 6.26 Å². The quantitative estimate of drug-likeness (QED) is 0.671. The zero-order chi connectivity index (χ0) is 11.3. The predicted molar refractivity (Wildman–Crippen MR) is 62.7 cm³/mol. The van der Waals surface area contributed by atoms with E-state index in [1.54, 1.807) is 16.7 Å². The number of hydrogen-bond donors (Lipinski definition) is 2. The normalized spacial score (nSPS) is 23.5. The van der Waals surface area contributed by atoms with Gasteiger partial charge >= 0.3 is 0 Å². The third-order valence-electron chi connectivity index (χ3n) is 2.88. The van der Waals surface area contributed by atoms with Crippen LogP contribution in [0, 0.1) is 5.92 Å². The summed E-state index contributed by atoms with van der Waals surface area (Å²) in [6, 6.07) is -0.0125. The van der Waals surface area contributed by atoms with Crippen LogP contribution in [0.15, 0.2) is 0 Å². The Hall–Kier alpha value is -0.260. The number of nitrogens with zero attached hydrogens (tertiary/aromatic N) is 1. The van der Waals surface area contributed by atoms with Gasteiger partial charge in [0.1, 0.15) is 0 Å². The van der Waals surface area contributed by atoms with E-state index in [4.69, 9.17) is 5.73 Å². The largest absolute Gasteiger partial charge is 0.394 e. The maximum Gasteiger partial charge on any atom is 0.223 e. The first kappa shape index (κ1) is 12.8. The van der Waals surface area contributed by atoms with Gasteiger partial charge in [0.15, 0.2) is 0 Å². The minimum atomic E-state index is -0.0125. The second-order valence-electron chi connectivity index (χ2n) is 3.97. The lowest BCUT2D eigenvalue weighted by molar-refractivity contribution is -0.130. The second kappa shape index (κ2) is 6.35. The monoisotopic (exact) mass is 232 g/mol. The number of nitrogens with two attached hydrogens (primary N) is 1. The van der Waals surface area contributed by atoms with E-state index in [0.29, 0.717) is 13.0 Å². The van der Waals surface area contributed by atoms with Crippen molar-refractivity contribution in [3.8, 4) is 0 Å². The van der Waals surface area contributed by atoms with Gasteiger partial charge in [0.2, 0.25) is 5.91 Å². The van der Waals surface area contributed by atoms with Crippen LogP contribution in [-0.2, 0) is 4.79 Å². The molecule has 1 amide bonds. The van der Waals surface area contributed by atoms with Gasteiger partial charge < -0.3 is 15.7 Å². The average molecular weight is 232 g/mol. The highest BCUT2D eigenvalue weighted by Gasteiger charge is 2.32. The van der Waals surface area contributed by atoms with Crippen LogP contribution in [0.2, 0.25) is 0 Å². The molecule has 0 aromatic rings. The summed E-state index contributed by atoms with van der Waals surface area (Å²) in [4.78, 5) is 13.5. The van der Waals surface area contributed by atoms with E-state index in [1.165, 1.54) is 0 Å². The minimum absolute atomic E-state index is 0.0125. The van der Waals surface area contributed by atoms with Crippen molar-refractivity contribution in [1.82, 2.24) is 4.90 Å². The van der Waals surface area contributed by atoms with Gasteiger partial charge in [-0.15, -0.1) is 0 Å². The third-order valence-corrected chi connectivity index (χ3v) is 3.52. The number of aliphatic hydroxyl groups excluding tert-OH is 1. The highest BCUT2D eigenvalue weighted by molar-refractivity contribution is 7.98. The fraction of sp³-hybridized carbons (Fsp3) is 0.900. The molecule has 0 aromatic carbocycles. The number of rotatable bonds is 6. The molecule has 3 N–H and O–H groups in total. The summed E-state index contributed by atoms with van der Waals surface area (Å²) >= 11 is 1.74. The zero-order valence-electron chi connectivity index (χ0n) is 9.19. The lowest BCUT2D eigenvalue weighted by Crippen LogP contribution is -2.39. The molecule has 1 aliphatic heterocycles. The van der Waals surface area contributed by atoms with Crippen molar-refractivity contribution in [3.05, 3.63) is 0 Å². The lowest BCUT2D eigenvalue weighted by atomic mass is 10.1. The fourth-order valence-corrected chi connectivity index (χ4v) is 2.43. The molecule has 0 aliphatic carbocycles. The molecular weight excluding hydrogens is 212 g/mol. The fourth-order valence-electron chi connectivity index (χ4n) is 1.92. The Bertz CT molecular complexity index is 214. The molecule has 15 heavy (non-hydrogen) atoms. The number of amides is 1. The summed E-state index contributed by atoms with van der Waals surface area (Å²) in [6.45, 7) is 1.33. The molecule has 1 heterocycles. The molecule has 4 nitrogen and oxygen atoms in total. The maximum atomic E-state index is 11.7. The molecule has 2 atom stereocenters. The van der Waals surface area contributed by atoms with E-state index >= 15 is 0 Å². The Morgan fingerprint density at radius 2 is 2.47 bits per heavy atom. The molecular formula is C10H20N2O2S. The van der Waals surface area contributed by atoms with E-state index in [0.717, 1.165) is 18.7 Å². The highest BCUT2D eigenvalue weighted by atomic mass is 32.2. The van der Waals surface area contributed by atoms with Crippen molar-refractivity contribution in [2.45, 2.75) is 18.9 Å². The summed E-state index contributed by atoms with van der Waals surface area (Å²) in [6.07, 6.45) is 3.44. The van der Waals surface area contributed by atoms with Crippen molar-refractivity contribution < 1.29 is 9.90 Å². The number of thioether (sulfide) groups is 1. The number of carbonyl (C=O) groups is 1. The molecule has 0 bridgehead atoms. The Morgan fingerprint density at radius 1 is 1.73 bits per heavy atom. The zero-order valence-corrected chi connectivity index (χ0v) is 10.0. The molecule has 2 unspecified atom stereocenters. The highest BCUT2D eigenvalue weighted by Crippen LogP contribution is 2.21. The summed E-state index contributed by atoms with van der Waals surface area (Å²) in [5.74, 6) is 1.40. The first-order valence-electron chi connectivity index (χ1n) is 5.32. The Labute approximate surface area is 95.2 Å². The Kier molecular flexibility index (Phi) is 5.42. The Balaban J connectivity index is 2.49. The van der Waals surface area contributed by atoms with Crippen LogP contribution < -0.4 is 5.73 Å². The number of hydrogen-bond acceptors (Lipinski definition) is 4. The van der Waals surface area contributed by atoms with Crippen molar-refractivity contribution in [2.75, 3.05) is 31.7 Å². The molecule has 88 valence electrons.